The SMILES string of the molecule is N#CC(=C1Sc2nc(C#N)c(C#N)nc2S1)c1ccc(F)cc1Cl. The topological polar surface area (TPSA) is 97.1 Å². The van der Waals surface area contributed by atoms with E-state index in [1.54, 1.807) is 0 Å². The number of rotatable bonds is 1. The first-order chi connectivity index (χ1) is 11.6. The first-order valence-corrected chi connectivity index (χ1v) is 8.26. The Kier molecular flexibility index (Phi) is 4.42. The van der Waals surface area contributed by atoms with Gasteiger partial charge in [-0.2, -0.15) is 15.8 Å². The van der Waals surface area contributed by atoms with Crippen molar-refractivity contribution in [3.8, 4) is 18.2 Å². The van der Waals surface area contributed by atoms with Gasteiger partial charge in [0.05, 0.1) is 14.8 Å². The molecule has 24 heavy (non-hydrogen) atoms. The molecule has 0 N–H and O–H groups in total. The first-order valence-electron chi connectivity index (χ1n) is 6.25. The molecular formula is C15H3ClFN5S2. The molecule has 0 radical (unpaired) electrons. The first kappa shape index (κ1) is 16.3. The van der Waals surface area contributed by atoms with Gasteiger partial charge in [0, 0.05) is 5.56 Å². The Morgan fingerprint density at radius 3 is 2.08 bits per heavy atom. The number of benzene rings is 1. The summed E-state index contributed by atoms with van der Waals surface area (Å²) in [5.74, 6) is -0.498. The molecule has 0 bridgehead atoms. The van der Waals surface area contributed by atoms with E-state index in [4.69, 9.17) is 22.1 Å². The fraction of sp³-hybridized carbons (Fsp3) is 0. The van der Waals surface area contributed by atoms with Crippen molar-refractivity contribution in [3.63, 3.8) is 0 Å². The zero-order chi connectivity index (χ0) is 17.3. The van der Waals surface area contributed by atoms with Crippen LogP contribution in [0.3, 0.4) is 0 Å². The maximum absolute atomic E-state index is 13.2. The highest BCUT2D eigenvalue weighted by Gasteiger charge is 2.27. The molecule has 0 amide bonds. The van der Waals surface area contributed by atoms with Gasteiger partial charge < -0.3 is 0 Å². The van der Waals surface area contributed by atoms with Gasteiger partial charge in [0.1, 0.15) is 34.1 Å². The van der Waals surface area contributed by atoms with Crippen LogP contribution in [0.25, 0.3) is 5.57 Å². The van der Waals surface area contributed by atoms with Crippen molar-refractivity contribution in [3.05, 3.63) is 50.2 Å². The predicted octanol–water partition coefficient (Wildman–Crippen LogP) is 4.10. The van der Waals surface area contributed by atoms with Crippen LogP contribution in [0.15, 0.2) is 32.5 Å². The Labute approximate surface area is 149 Å². The van der Waals surface area contributed by atoms with Gasteiger partial charge in [0.25, 0.3) is 0 Å². The van der Waals surface area contributed by atoms with Gasteiger partial charge in [-0.3, -0.25) is 0 Å². The van der Waals surface area contributed by atoms with E-state index in [0.717, 1.165) is 29.6 Å². The van der Waals surface area contributed by atoms with Crippen molar-refractivity contribution in [2.75, 3.05) is 0 Å². The number of nitriles is 3. The lowest BCUT2D eigenvalue weighted by atomic mass is 10.1. The average Bonchev–Trinajstić information content (AvgIpc) is 2.98. The summed E-state index contributed by atoms with van der Waals surface area (Å²) in [6.07, 6.45) is 0. The van der Waals surface area contributed by atoms with Crippen molar-refractivity contribution in [2.24, 2.45) is 0 Å². The van der Waals surface area contributed by atoms with Crippen LogP contribution in [0.4, 0.5) is 4.39 Å². The van der Waals surface area contributed by atoms with Crippen LogP contribution in [0, 0.1) is 39.8 Å². The average molecular weight is 372 g/mol. The minimum absolute atomic E-state index is 0.0658. The van der Waals surface area contributed by atoms with E-state index in [-0.39, 0.29) is 22.0 Å². The second-order valence-electron chi connectivity index (χ2n) is 4.36. The summed E-state index contributed by atoms with van der Waals surface area (Å²) in [5, 5.41) is 28.5. The molecular weight excluding hydrogens is 369 g/mol. The molecule has 2 aromatic rings. The number of hydrogen-bond donors (Lipinski definition) is 0. The quantitative estimate of drug-likeness (QED) is 0.696. The van der Waals surface area contributed by atoms with Crippen molar-refractivity contribution in [2.45, 2.75) is 10.1 Å². The van der Waals surface area contributed by atoms with Crippen LogP contribution in [0.2, 0.25) is 5.02 Å². The van der Waals surface area contributed by atoms with Crippen molar-refractivity contribution in [1.82, 2.24) is 9.97 Å². The number of halogens is 2. The number of aromatic nitrogens is 2. The lowest BCUT2D eigenvalue weighted by molar-refractivity contribution is 0.628. The number of fused-ring (bicyclic) bond motifs is 1. The highest BCUT2D eigenvalue weighted by molar-refractivity contribution is 8.24. The van der Waals surface area contributed by atoms with Crippen LogP contribution in [0.1, 0.15) is 17.0 Å². The number of hydrogen-bond acceptors (Lipinski definition) is 7. The molecule has 0 saturated heterocycles. The molecule has 1 aromatic heterocycles. The second-order valence-corrected chi connectivity index (χ2v) is 7.02. The smallest absolute Gasteiger partial charge is 0.178 e. The molecule has 2 heterocycles. The second kappa shape index (κ2) is 6.51. The summed E-state index contributed by atoms with van der Waals surface area (Å²) in [6.45, 7) is 0. The summed E-state index contributed by atoms with van der Waals surface area (Å²) >= 11 is 8.34. The number of allylic oxidation sites excluding steroid dienone is 1. The molecule has 1 aromatic carbocycles. The molecule has 0 spiro atoms. The van der Waals surface area contributed by atoms with Gasteiger partial charge in [-0.25, -0.2) is 14.4 Å². The van der Waals surface area contributed by atoms with Crippen molar-refractivity contribution >= 4 is 40.7 Å². The van der Waals surface area contributed by atoms with Crippen molar-refractivity contribution in [1.29, 1.82) is 15.8 Å². The van der Waals surface area contributed by atoms with E-state index >= 15 is 0 Å². The lowest BCUT2D eigenvalue weighted by Gasteiger charge is -2.04. The van der Waals surface area contributed by atoms with Gasteiger partial charge in [-0.1, -0.05) is 35.1 Å². The maximum Gasteiger partial charge on any atom is 0.178 e. The van der Waals surface area contributed by atoms with E-state index in [1.165, 1.54) is 12.1 Å². The lowest BCUT2D eigenvalue weighted by Crippen LogP contribution is -1.96. The highest BCUT2D eigenvalue weighted by Crippen LogP contribution is 2.52. The molecule has 0 unspecified atom stereocenters. The summed E-state index contributed by atoms with van der Waals surface area (Å²) in [5.41, 5.74) is 0.518. The summed E-state index contributed by atoms with van der Waals surface area (Å²) in [7, 11) is 0. The van der Waals surface area contributed by atoms with Crippen LogP contribution >= 0.6 is 35.1 Å². The van der Waals surface area contributed by atoms with Gasteiger partial charge >= 0.3 is 0 Å². The monoisotopic (exact) mass is 371 g/mol. The molecule has 1 aliphatic heterocycles. The van der Waals surface area contributed by atoms with E-state index in [1.807, 2.05) is 12.1 Å². The highest BCUT2D eigenvalue weighted by atomic mass is 35.5. The molecule has 0 fully saturated rings. The van der Waals surface area contributed by atoms with E-state index in [0.29, 0.717) is 19.9 Å². The molecule has 0 atom stereocenters. The predicted molar refractivity (Wildman–Crippen MR) is 87.1 cm³/mol. The van der Waals surface area contributed by atoms with E-state index in [9.17, 15) is 9.65 Å². The zero-order valence-electron chi connectivity index (χ0n) is 11.5. The summed E-state index contributed by atoms with van der Waals surface area (Å²) in [4.78, 5) is 8.20. The Hall–Kier alpha value is -2.57. The largest absolute Gasteiger partial charge is 0.224 e. The fourth-order valence-electron chi connectivity index (χ4n) is 1.90. The minimum Gasteiger partial charge on any atom is -0.224 e. The zero-order valence-corrected chi connectivity index (χ0v) is 13.9. The number of nitrogens with zero attached hydrogens (tertiary/aromatic N) is 5. The molecule has 5 nitrogen and oxygen atoms in total. The summed E-state index contributed by atoms with van der Waals surface area (Å²) < 4.78 is 13.8. The third-order valence-corrected chi connectivity index (χ3v) is 5.62. The van der Waals surface area contributed by atoms with Crippen LogP contribution < -0.4 is 0 Å². The molecule has 3 rings (SSSR count). The van der Waals surface area contributed by atoms with Crippen LogP contribution in [-0.4, -0.2) is 9.97 Å². The van der Waals surface area contributed by atoms with Crippen LogP contribution in [-0.2, 0) is 0 Å². The molecule has 0 saturated carbocycles. The van der Waals surface area contributed by atoms with Gasteiger partial charge in [0.2, 0.25) is 0 Å². The standard InChI is InChI=1S/C15H3ClFN5S2/c16-10-3-7(17)1-2-8(10)9(4-18)15-23-13-14(24-15)22-12(6-20)11(5-19)21-13/h1-3H. The van der Waals surface area contributed by atoms with Gasteiger partial charge in [-0.15, -0.1) is 0 Å². The van der Waals surface area contributed by atoms with Crippen LogP contribution in [0.5, 0.6) is 0 Å². The molecule has 0 aliphatic carbocycles. The third kappa shape index (κ3) is 2.81. The van der Waals surface area contributed by atoms with Gasteiger partial charge in [0.15, 0.2) is 11.4 Å². The molecule has 9 heteroatoms. The Balaban J connectivity index is 2.10. The summed E-state index contributed by atoms with van der Waals surface area (Å²) in [6, 6.07) is 9.47. The minimum atomic E-state index is -0.498. The maximum atomic E-state index is 13.2. The fourth-order valence-corrected chi connectivity index (χ4v) is 4.46. The number of thioether (sulfide) groups is 2. The Morgan fingerprint density at radius 1 is 1.04 bits per heavy atom. The Morgan fingerprint density at radius 2 is 1.62 bits per heavy atom. The van der Waals surface area contributed by atoms with Gasteiger partial charge in [-0.05, 0) is 18.2 Å². The van der Waals surface area contributed by atoms with E-state index in [2.05, 4.69) is 16.0 Å². The van der Waals surface area contributed by atoms with E-state index < -0.39 is 5.82 Å². The normalized spacial score (nSPS) is 12.0. The third-order valence-electron chi connectivity index (χ3n) is 2.94. The van der Waals surface area contributed by atoms with Crippen molar-refractivity contribution < 1.29 is 4.39 Å². The molecule has 114 valence electrons. The molecule has 1 aliphatic rings. The Bertz CT molecular complexity index is 985.